The molecule has 5 nitrogen and oxygen atoms in total. The lowest BCUT2D eigenvalue weighted by Crippen LogP contribution is -2.24. The van der Waals surface area contributed by atoms with Gasteiger partial charge in [0, 0.05) is 18.5 Å². The predicted octanol–water partition coefficient (Wildman–Crippen LogP) is 3.67. The molecule has 0 aliphatic carbocycles. The minimum atomic E-state index is -0.551. The molecule has 0 saturated carbocycles. The van der Waals surface area contributed by atoms with Crippen molar-refractivity contribution in [3.05, 3.63) is 71.0 Å². The van der Waals surface area contributed by atoms with Gasteiger partial charge in [-0.25, -0.2) is 14.0 Å². The first-order valence-corrected chi connectivity index (χ1v) is 8.50. The molecular formula is C21H20FNO4. The van der Waals surface area contributed by atoms with Gasteiger partial charge < -0.3 is 14.8 Å². The third kappa shape index (κ3) is 6.83. The number of hydrogen-bond donors (Lipinski definition) is 1. The van der Waals surface area contributed by atoms with Gasteiger partial charge in [0.2, 0.25) is 0 Å². The van der Waals surface area contributed by atoms with Crippen LogP contribution in [0.5, 0.6) is 0 Å². The third-order valence-electron chi connectivity index (χ3n) is 3.43. The standard InChI is InChI=1S/C21H20FNO4/c1-2-26-20(24)19-12-11-18(22)14-17(19)10-6-7-13-23-21(25)27-15-16-8-4-3-5-9-16/h3-5,8-9,11-12,14H,2,7,13,15H2,1H3,(H,23,25). The molecule has 6 heteroatoms. The molecule has 1 N–H and O–H groups in total. The number of alkyl carbamates (subject to hydrolysis) is 1. The number of nitrogens with one attached hydrogen (secondary N) is 1. The molecule has 0 heterocycles. The first-order valence-electron chi connectivity index (χ1n) is 8.50. The van der Waals surface area contributed by atoms with Gasteiger partial charge >= 0.3 is 12.1 Å². The van der Waals surface area contributed by atoms with Crippen molar-refractivity contribution in [3.63, 3.8) is 0 Å². The number of carbonyl (C=O) groups excluding carboxylic acids is 2. The zero-order chi connectivity index (χ0) is 19.5. The molecule has 2 aromatic carbocycles. The summed E-state index contributed by atoms with van der Waals surface area (Å²) in [6, 6.07) is 13.0. The molecular weight excluding hydrogens is 349 g/mol. The van der Waals surface area contributed by atoms with Gasteiger partial charge in [-0.2, -0.15) is 0 Å². The number of carbonyl (C=O) groups is 2. The van der Waals surface area contributed by atoms with E-state index in [0.717, 1.165) is 5.56 Å². The molecule has 0 unspecified atom stereocenters. The quantitative estimate of drug-likeness (QED) is 0.479. The monoisotopic (exact) mass is 369 g/mol. The second-order valence-corrected chi connectivity index (χ2v) is 5.45. The molecule has 140 valence electrons. The van der Waals surface area contributed by atoms with E-state index in [1.54, 1.807) is 6.92 Å². The molecule has 0 aliphatic heterocycles. The van der Waals surface area contributed by atoms with Crippen LogP contribution in [0.3, 0.4) is 0 Å². The maximum absolute atomic E-state index is 13.4. The van der Waals surface area contributed by atoms with Crippen molar-refractivity contribution in [2.75, 3.05) is 13.2 Å². The Morgan fingerprint density at radius 2 is 1.89 bits per heavy atom. The fraction of sp³-hybridized carbons (Fsp3) is 0.238. The van der Waals surface area contributed by atoms with E-state index in [0.29, 0.717) is 6.42 Å². The van der Waals surface area contributed by atoms with Crippen molar-refractivity contribution in [2.24, 2.45) is 0 Å². The Morgan fingerprint density at radius 1 is 1.11 bits per heavy atom. The van der Waals surface area contributed by atoms with Gasteiger partial charge in [-0.3, -0.25) is 0 Å². The van der Waals surface area contributed by atoms with Gasteiger partial charge in [-0.15, -0.1) is 0 Å². The SMILES string of the molecule is CCOC(=O)c1ccc(F)cc1C#CCCNC(=O)OCc1ccccc1. The number of benzene rings is 2. The van der Waals surface area contributed by atoms with Crippen molar-refractivity contribution < 1.29 is 23.5 Å². The van der Waals surface area contributed by atoms with Crippen LogP contribution in [0.4, 0.5) is 9.18 Å². The van der Waals surface area contributed by atoms with Crippen LogP contribution in [0, 0.1) is 17.7 Å². The largest absolute Gasteiger partial charge is 0.462 e. The molecule has 0 saturated heterocycles. The van der Waals surface area contributed by atoms with Crippen LogP contribution in [0.25, 0.3) is 0 Å². The smallest absolute Gasteiger partial charge is 0.407 e. The van der Waals surface area contributed by atoms with Crippen LogP contribution in [0.1, 0.15) is 34.8 Å². The second-order valence-electron chi connectivity index (χ2n) is 5.45. The second kappa shape index (κ2) is 10.6. The fourth-order valence-corrected chi connectivity index (χ4v) is 2.17. The van der Waals surface area contributed by atoms with E-state index < -0.39 is 17.9 Å². The molecule has 0 spiro atoms. The summed E-state index contributed by atoms with van der Waals surface area (Å²) >= 11 is 0. The zero-order valence-electron chi connectivity index (χ0n) is 15.0. The Bertz CT molecular complexity index is 840. The average Bonchev–Trinajstić information content (AvgIpc) is 2.67. The molecule has 0 aromatic heterocycles. The van der Waals surface area contributed by atoms with Gasteiger partial charge in [0.05, 0.1) is 12.2 Å². The Balaban J connectivity index is 1.82. The molecule has 0 fully saturated rings. The highest BCUT2D eigenvalue weighted by Crippen LogP contribution is 2.12. The Hall–Kier alpha value is -3.33. The average molecular weight is 369 g/mol. The Morgan fingerprint density at radius 3 is 2.63 bits per heavy atom. The Kier molecular flexibility index (Phi) is 7.86. The lowest BCUT2D eigenvalue weighted by molar-refractivity contribution is 0.0526. The number of esters is 1. The van der Waals surface area contributed by atoms with Gasteiger partial charge in [-0.05, 0) is 30.7 Å². The van der Waals surface area contributed by atoms with Gasteiger partial charge in [0.15, 0.2) is 0 Å². The molecule has 2 rings (SSSR count). The summed E-state index contributed by atoms with van der Waals surface area (Å²) in [6.07, 6.45) is -0.224. The molecule has 0 bridgehead atoms. The first-order chi connectivity index (χ1) is 13.1. The highest BCUT2D eigenvalue weighted by atomic mass is 19.1. The minimum Gasteiger partial charge on any atom is -0.462 e. The molecule has 0 atom stereocenters. The zero-order valence-corrected chi connectivity index (χ0v) is 15.0. The molecule has 0 aliphatic rings. The highest BCUT2D eigenvalue weighted by Gasteiger charge is 2.11. The summed E-state index contributed by atoms with van der Waals surface area (Å²) in [5.74, 6) is 4.50. The van der Waals surface area contributed by atoms with Gasteiger partial charge in [0.25, 0.3) is 0 Å². The predicted molar refractivity (Wildman–Crippen MR) is 98.5 cm³/mol. The van der Waals surface area contributed by atoms with Crippen molar-refractivity contribution >= 4 is 12.1 Å². The molecule has 2 aromatic rings. The normalized spacial score (nSPS) is 9.70. The first kappa shape index (κ1) is 20.0. The third-order valence-corrected chi connectivity index (χ3v) is 3.43. The summed E-state index contributed by atoms with van der Waals surface area (Å²) in [5.41, 5.74) is 1.35. The van der Waals surface area contributed by atoms with E-state index in [9.17, 15) is 14.0 Å². The van der Waals surface area contributed by atoms with Crippen LogP contribution in [0.15, 0.2) is 48.5 Å². The van der Waals surface area contributed by atoms with E-state index >= 15 is 0 Å². The van der Waals surface area contributed by atoms with E-state index in [2.05, 4.69) is 17.2 Å². The number of rotatable bonds is 6. The fourth-order valence-electron chi connectivity index (χ4n) is 2.17. The van der Waals surface area contributed by atoms with Crippen LogP contribution in [0.2, 0.25) is 0 Å². The summed E-state index contributed by atoms with van der Waals surface area (Å²) in [7, 11) is 0. The number of hydrogen-bond acceptors (Lipinski definition) is 4. The number of amides is 1. The lowest BCUT2D eigenvalue weighted by atomic mass is 10.1. The van der Waals surface area contributed by atoms with E-state index in [-0.39, 0.29) is 30.9 Å². The molecule has 0 radical (unpaired) electrons. The van der Waals surface area contributed by atoms with Crippen molar-refractivity contribution in [1.29, 1.82) is 0 Å². The minimum absolute atomic E-state index is 0.185. The topological polar surface area (TPSA) is 64.6 Å². The van der Waals surface area contributed by atoms with Crippen LogP contribution in [-0.4, -0.2) is 25.2 Å². The summed E-state index contributed by atoms with van der Waals surface area (Å²) in [4.78, 5) is 23.5. The van der Waals surface area contributed by atoms with Crippen molar-refractivity contribution in [3.8, 4) is 11.8 Å². The number of halogens is 1. The summed E-state index contributed by atoms with van der Waals surface area (Å²) in [6.45, 7) is 2.36. The van der Waals surface area contributed by atoms with Gasteiger partial charge in [-0.1, -0.05) is 42.2 Å². The Labute approximate surface area is 157 Å². The van der Waals surface area contributed by atoms with E-state index in [1.165, 1.54) is 18.2 Å². The van der Waals surface area contributed by atoms with E-state index in [4.69, 9.17) is 9.47 Å². The maximum atomic E-state index is 13.4. The lowest BCUT2D eigenvalue weighted by Gasteiger charge is -2.05. The van der Waals surface area contributed by atoms with Crippen molar-refractivity contribution in [1.82, 2.24) is 5.32 Å². The van der Waals surface area contributed by atoms with Gasteiger partial charge in [0.1, 0.15) is 12.4 Å². The van der Waals surface area contributed by atoms with Crippen molar-refractivity contribution in [2.45, 2.75) is 20.0 Å². The van der Waals surface area contributed by atoms with Crippen LogP contribution < -0.4 is 5.32 Å². The van der Waals surface area contributed by atoms with E-state index in [1.807, 2.05) is 30.3 Å². The maximum Gasteiger partial charge on any atom is 0.407 e. The summed E-state index contributed by atoms with van der Waals surface area (Å²) < 4.78 is 23.4. The summed E-state index contributed by atoms with van der Waals surface area (Å²) in [5, 5.41) is 2.58. The molecule has 27 heavy (non-hydrogen) atoms. The van der Waals surface area contributed by atoms with Crippen LogP contribution in [-0.2, 0) is 16.1 Å². The molecule has 1 amide bonds. The highest BCUT2D eigenvalue weighted by molar-refractivity contribution is 5.92. The van der Waals surface area contributed by atoms with Crippen LogP contribution >= 0.6 is 0 Å². The number of ether oxygens (including phenoxy) is 2.